The van der Waals surface area contributed by atoms with Gasteiger partial charge in [-0.05, 0) is 36.5 Å². The normalized spacial score (nSPS) is 51.0. The van der Waals surface area contributed by atoms with E-state index in [1.54, 1.807) is 0 Å². The fraction of sp³-hybridized carbons (Fsp3) is 1.00. The molecule has 0 aromatic carbocycles. The third kappa shape index (κ3) is 0.611. The van der Waals surface area contributed by atoms with Gasteiger partial charge in [0.15, 0.2) is 0 Å². The average Bonchev–Trinajstić information content (AvgIpc) is 2.40. The second-order valence-electron chi connectivity index (χ2n) is 4.17. The van der Waals surface area contributed by atoms with Crippen molar-refractivity contribution in [2.75, 3.05) is 13.2 Å². The Labute approximate surface area is 60.9 Å². The summed E-state index contributed by atoms with van der Waals surface area (Å²) in [5.74, 6) is 0. The first-order valence-electron chi connectivity index (χ1n) is 3.96. The summed E-state index contributed by atoms with van der Waals surface area (Å²) in [7, 11) is 0. The number of rotatable bonds is 2. The van der Waals surface area contributed by atoms with Gasteiger partial charge in [-0.2, -0.15) is 0 Å². The summed E-state index contributed by atoms with van der Waals surface area (Å²) in [6, 6.07) is 0. The molecule has 2 bridgehead atoms. The minimum absolute atomic E-state index is 0.239. The van der Waals surface area contributed by atoms with Crippen LogP contribution in [-0.4, -0.2) is 23.4 Å². The highest BCUT2D eigenvalue weighted by Gasteiger charge is 2.59. The fourth-order valence-corrected chi connectivity index (χ4v) is 2.80. The number of aliphatic hydroxyl groups excluding tert-OH is 2. The van der Waals surface area contributed by atoms with Gasteiger partial charge in [0, 0.05) is 13.2 Å². The topological polar surface area (TPSA) is 40.5 Å². The predicted octanol–water partition coefficient (Wildman–Crippen LogP) is 0.531. The van der Waals surface area contributed by atoms with E-state index in [9.17, 15) is 0 Å². The molecule has 10 heavy (non-hydrogen) atoms. The Hall–Kier alpha value is -0.0800. The molecule has 0 unspecified atom stereocenters. The van der Waals surface area contributed by atoms with Gasteiger partial charge in [-0.1, -0.05) is 0 Å². The van der Waals surface area contributed by atoms with Crippen LogP contribution in [0.5, 0.6) is 0 Å². The van der Waals surface area contributed by atoms with E-state index in [2.05, 4.69) is 0 Å². The smallest absolute Gasteiger partial charge is 0.0487 e. The van der Waals surface area contributed by atoms with Gasteiger partial charge in [0.05, 0.1) is 0 Å². The number of aliphatic hydroxyl groups is 2. The lowest BCUT2D eigenvalue weighted by Gasteiger charge is -2.45. The molecular formula is C8H14O2. The molecule has 0 aliphatic heterocycles. The predicted molar refractivity (Wildman–Crippen MR) is 37.5 cm³/mol. The Bertz CT molecular complexity index is 131. The zero-order valence-corrected chi connectivity index (χ0v) is 6.14. The van der Waals surface area contributed by atoms with Gasteiger partial charge in [-0.15, -0.1) is 0 Å². The molecule has 0 amide bonds. The Balaban J connectivity index is 2.06. The molecule has 0 aromatic rings. The fourth-order valence-electron chi connectivity index (χ4n) is 2.80. The van der Waals surface area contributed by atoms with Gasteiger partial charge >= 0.3 is 0 Å². The second-order valence-corrected chi connectivity index (χ2v) is 4.17. The summed E-state index contributed by atoms with van der Waals surface area (Å²) in [6.07, 6.45) is 4.38. The van der Waals surface area contributed by atoms with Gasteiger partial charge < -0.3 is 10.2 Å². The zero-order chi connectivity index (χ0) is 7.24. The van der Waals surface area contributed by atoms with Crippen LogP contribution in [0.1, 0.15) is 25.7 Å². The first-order chi connectivity index (χ1) is 4.74. The number of hydrogen-bond acceptors (Lipinski definition) is 2. The molecular weight excluding hydrogens is 128 g/mol. The number of fused-ring (bicyclic) bond motifs is 1. The molecule has 0 radical (unpaired) electrons. The Morgan fingerprint density at radius 2 is 1.30 bits per heavy atom. The highest BCUT2D eigenvalue weighted by molar-refractivity contribution is 5.09. The van der Waals surface area contributed by atoms with E-state index in [0.29, 0.717) is 13.2 Å². The van der Waals surface area contributed by atoms with E-state index in [0.717, 1.165) is 25.7 Å². The van der Waals surface area contributed by atoms with Crippen molar-refractivity contribution < 1.29 is 10.2 Å². The summed E-state index contributed by atoms with van der Waals surface area (Å²) < 4.78 is 0. The molecule has 0 heterocycles. The Kier molecular flexibility index (Phi) is 1.15. The van der Waals surface area contributed by atoms with E-state index in [4.69, 9.17) is 10.2 Å². The Morgan fingerprint density at radius 1 is 0.900 bits per heavy atom. The summed E-state index contributed by atoms with van der Waals surface area (Å²) in [6.45, 7) is 0.656. The van der Waals surface area contributed by atoms with E-state index < -0.39 is 0 Å². The lowest BCUT2D eigenvalue weighted by molar-refractivity contribution is -0.0363. The molecule has 2 heteroatoms. The van der Waals surface area contributed by atoms with Crippen molar-refractivity contribution in [3.05, 3.63) is 0 Å². The van der Waals surface area contributed by atoms with Gasteiger partial charge in [-0.3, -0.25) is 0 Å². The van der Waals surface area contributed by atoms with Crippen LogP contribution < -0.4 is 0 Å². The summed E-state index contributed by atoms with van der Waals surface area (Å²) in [5, 5.41) is 18.0. The van der Waals surface area contributed by atoms with Crippen molar-refractivity contribution in [2.45, 2.75) is 25.7 Å². The third-order valence-corrected chi connectivity index (χ3v) is 3.36. The van der Waals surface area contributed by atoms with Crippen LogP contribution >= 0.6 is 0 Å². The van der Waals surface area contributed by atoms with E-state index in [1.165, 1.54) is 0 Å². The maximum Gasteiger partial charge on any atom is 0.0487 e. The zero-order valence-electron chi connectivity index (χ0n) is 6.14. The molecule has 0 aromatic heterocycles. The molecule has 3 saturated carbocycles. The number of hydrogen-bond donors (Lipinski definition) is 2. The van der Waals surface area contributed by atoms with Crippen molar-refractivity contribution >= 4 is 0 Å². The lowest BCUT2D eigenvalue weighted by Crippen LogP contribution is -2.42. The van der Waals surface area contributed by atoms with Crippen molar-refractivity contribution in [3.8, 4) is 0 Å². The maximum atomic E-state index is 8.99. The molecule has 3 fully saturated rings. The minimum Gasteiger partial charge on any atom is -0.396 e. The molecule has 0 atom stereocenters. The van der Waals surface area contributed by atoms with E-state index >= 15 is 0 Å². The summed E-state index contributed by atoms with van der Waals surface area (Å²) in [4.78, 5) is 0. The van der Waals surface area contributed by atoms with Gasteiger partial charge in [0.1, 0.15) is 0 Å². The van der Waals surface area contributed by atoms with Crippen LogP contribution in [0.2, 0.25) is 0 Å². The van der Waals surface area contributed by atoms with Gasteiger partial charge in [-0.25, -0.2) is 0 Å². The van der Waals surface area contributed by atoms with Crippen LogP contribution in [0.15, 0.2) is 0 Å². The maximum absolute atomic E-state index is 8.99. The van der Waals surface area contributed by atoms with Crippen LogP contribution in [-0.2, 0) is 0 Å². The van der Waals surface area contributed by atoms with E-state index in [-0.39, 0.29) is 10.8 Å². The molecule has 3 aliphatic carbocycles. The van der Waals surface area contributed by atoms with Crippen molar-refractivity contribution in [3.63, 3.8) is 0 Å². The first kappa shape index (κ1) is 6.62. The van der Waals surface area contributed by atoms with Crippen LogP contribution in [0.4, 0.5) is 0 Å². The average molecular weight is 142 g/mol. The third-order valence-electron chi connectivity index (χ3n) is 3.36. The minimum atomic E-state index is 0.239. The monoisotopic (exact) mass is 142 g/mol. The first-order valence-corrected chi connectivity index (χ1v) is 3.96. The largest absolute Gasteiger partial charge is 0.396 e. The van der Waals surface area contributed by atoms with Gasteiger partial charge in [0.2, 0.25) is 0 Å². The molecule has 2 N–H and O–H groups in total. The standard InChI is InChI=1S/C8H14O2/c9-5-7-1-2-8(3-7,4-7)6-10/h9-10H,1-6H2. The second kappa shape index (κ2) is 1.74. The van der Waals surface area contributed by atoms with Crippen LogP contribution in [0.3, 0.4) is 0 Å². The van der Waals surface area contributed by atoms with Crippen molar-refractivity contribution in [1.29, 1.82) is 0 Å². The summed E-state index contributed by atoms with van der Waals surface area (Å²) in [5.41, 5.74) is 0.478. The quantitative estimate of drug-likeness (QED) is 0.590. The SMILES string of the molecule is OCC12CCC(CO)(C1)C2. The molecule has 58 valence electrons. The summed E-state index contributed by atoms with van der Waals surface area (Å²) >= 11 is 0. The van der Waals surface area contributed by atoms with Gasteiger partial charge in [0.25, 0.3) is 0 Å². The van der Waals surface area contributed by atoms with Crippen LogP contribution in [0, 0.1) is 10.8 Å². The molecule has 0 spiro atoms. The highest BCUT2D eigenvalue weighted by atomic mass is 16.3. The molecule has 2 nitrogen and oxygen atoms in total. The lowest BCUT2D eigenvalue weighted by atomic mass is 9.61. The highest BCUT2D eigenvalue weighted by Crippen LogP contribution is 2.66. The van der Waals surface area contributed by atoms with Crippen molar-refractivity contribution in [2.24, 2.45) is 10.8 Å². The van der Waals surface area contributed by atoms with E-state index in [1.807, 2.05) is 0 Å². The van der Waals surface area contributed by atoms with Crippen molar-refractivity contribution in [1.82, 2.24) is 0 Å². The molecule has 0 saturated heterocycles. The molecule has 3 aliphatic rings. The van der Waals surface area contributed by atoms with Crippen LogP contribution in [0.25, 0.3) is 0 Å². The molecule has 3 rings (SSSR count). The Morgan fingerprint density at radius 3 is 1.50 bits per heavy atom.